The van der Waals surface area contributed by atoms with E-state index in [1.54, 1.807) is 0 Å². The molecule has 1 aromatic carbocycles. The van der Waals surface area contributed by atoms with Crippen LogP contribution in [-0.4, -0.2) is 10.6 Å². The molecule has 1 heterocycles. The molecule has 0 fully saturated rings. The zero-order valence-electron chi connectivity index (χ0n) is 12.6. The predicted molar refractivity (Wildman–Crippen MR) is 83.3 cm³/mol. The first kappa shape index (κ1) is 14.6. The fourth-order valence-electron chi connectivity index (χ4n) is 2.46. The van der Waals surface area contributed by atoms with E-state index in [0.717, 1.165) is 19.4 Å². The SMILES string of the molecule is CC(N)Cc1cccc2c1ccn2CCC(C)(C)C#N. The minimum absolute atomic E-state index is 0.168. The van der Waals surface area contributed by atoms with E-state index in [4.69, 9.17) is 11.0 Å². The van der Waals surface area contributed by atoms with Gasteiger partial charge in [0.05, 0.1) is 11.5 Å². The third-order valence-corrected chi connectivity index (χ3v) is 3.73. The van der Waals surface area contributed by atoms with Gasteiger partial charge in [0.25, 0.3) is 0 Å². The lowest BCUT2D eigenvalue weighted by molar-refractivity contribution is 0.417. The number of rotatable bonds is 5. The maximum Gasteiger partial charge on any atom is 0.0684 e. The molecular weight excluding hydrogens is 246 g/mol. The van der Waals surface area contributed by atoms with Crippen LogP contribution in [0.5, 0.6) is 0 Å². The number of aryl methyl sites for hydroxylation is 1. The average Bonchev–Trinajstić information content (AvgIpc) is 2.80. The molecule has 0 bridgehead atoms. The Morgan fingerprint density at radius 1 is 1.35 bits per heavy atom. The molecule has 2 N–H and O–H groups in total. The van der Waals surface area contributed by atoms with Gasteiger partial charge in [-0.25, -0.2) is 0 Å². The Bertz CT molecular complexity index is 629. The number of nitrogens with zero attached hydrogens (tertiary/aromatic N) is 2. The molecule has 0 radical (unpaired) electrons. The van der Waals surface area contributed by atoms with Gasteiger partial charge in [-0.2, -0.15) is 5.26 Å². The van der Waals surface area contributed by atoms with Crippen molar-refractivity contribution >= 4 is 10.9 Å². The fourth-order valence-corrected chi connectivity index (χ4v) is 2.46. The standard InChI is InChI=1S/C17H23N3/c1-13(19)11-14-5-4-6-16-15(14)7-9-20(16)10-8-17(2,3)12-18/h4-7,9,13H,8,10-11,19H2,1-3H3. The Hall–Kier alpha value is -1.79. The third-order valence-electron chi connectivity index (χ3n) is 3.73. The molecule has 0 aliphatic rings. The summed E-state index contributed by atoms with van der Waals surface area (Å²) in [4.78, 5) is 0. The lowest BCUT2D eigenvalue weighted by Gasteiger charge is -2.16. The highest BCUT2D eigenvalue weighted by atomic mass is 14.9. The second kappa shape index (κ2) is 5.68. The predicted octanol–water partition coefficient (Wildman–Crippen LogP) is 3.47. The molecule has 0 aliphatic carbocycles. The van der Waals surface area contributed by atoms with Crippen molar-refractivity contribution in [1.82, 2.24) is 4.57 Å². The van der Waals surface area contributed by atoms with Crippen LogP contribution < -0.4 is 5.73 Å². The Morgan fingerprint density at radius 3 is 2.75 bits per heavy atom. The van der Waals surface area contributed by atoms with Crippen LogP contribution in [-0.2, 0) is 13.0 Å². The number of aromatic nitrogens is 1. The molecule has 0 spiro atoms. The van der Waals surface area contributed by atoms with E-state index in [2.05, 4.69) is 41.1 Å². The van der Waals surface area contributed by atoms with Gasteiger partial charge in [0.15, 0.2) is 0 Å². The molecule has 3 heteroatoms. The first-order chi connectivity index (χ1) is 9.43. The van der Waals surface area contributed by atoms with Crippen molar-refractivity contribution in [3.8, 4) is 6.07 Å². The molecule has 106 valence electrons. The highest BCUT2D eigenvalue weighted by Gasteiger charge is 2.17. The number of nitriles is 1. The molecule has 0 aliphatic heterocycles. The summed E-state index contributed by atoms with van der Waals surface area (Å²) in [7, 11) is 0. The smallest absolute Gasteiger partial charge is 0.0684 e. The quantitative estimate of drug-likeness (QED) is 0.903. The van der Waals surface area contributed by atoms with E-state index in [1.165, 1.54) is 16.5 Å². The summed E-state index contributed by atoms with van der Waals surface area (Å²) in [5.74, 6) is 0. The van der Waals surface area contributed by atoms with Gasteiger partial charge >= 0.3 is 0 Å². The number of benzene rings is 1. The van der Waals surface area contributed by atoms with Crippen LogP contribution in [0.1, 0.15) is 32.8 Å². The molecule has 0 saturated carbocycles. The molecule has 0 saturated heterocycles. The fraction of sp³-hybridized carbons (Fsp3) is 0.471. The van der Waals surface area contributed by atoms with E-state index >= 15 is 0 Å². The van der Waals surface area contributed by atoms with E-state index in [9.17, 15) is 0 Å². The Labute approximate surface area is 121 Å². The van der Waals surface area contributed by atoms with E-state index in [0.29, 0.717) is 0 Å². The van der Waals surface area contributed by atoms with Crippen LogP contribution in [0.3, 0.4) is 0 Å². The summed E-state index contributed by atoms with van der Waals surface area (Å²) in [5.41, 5.74) is 8.17. The average molecular weight is 269 g/mol. The maximum atomic E-state index is 9.11. The molecule has 1 atom stereocenters. The molecule has 1 unspecified atom stereocenters. The minimum Gasteiger partial charge on any atom is -0.347 e. The van der Waals surface area contributed by atoms with Gasteiger partial charge in [-0.1, -0.05) is 12.1 Å². The molecule has 1 aromatic heterocycles. The molecule has 20 heavy (non-hydrogen) atoms. The van der Waals surface area contributed by atoms with E-state index < -0.39 is 0 Å². The van der Waals surface area contributed by atoms with Crippen molar-refractivity contribution in [2.45, 2.75) is 46.2 Å². The summed E-state index contributed by atoms with van der Waals surface area (Å²) in [6, 6.07) is 11.1. The first-order valence-electron chi connectivity index (χ1n) is 7.16. The van der Waals surface area contributed by atoms with Crippen LogP contribution in [0, 0.1) is 16.7 Å². The second-order valence-electron chi connectivity index (χ2n) is 6.29. The minimum atomic E-state index is -0.278. The normalized spacial score (nSPS) is 13.3. The Morgan fingerprint density at radius 2 is 2.10 bits per heavy atom. The van der Waals surface area contributed by atoms with Crippen molar-refractivity contribution in [2.75, 3.05) is 0 Å². The summed E-state index contributed by atoms with van der Waals surface area (Å²) in [6.07, 6.45) is 3.86. The molecule has 3 nitrogen and oxygen atoms in total. The summed E-state index contributed by atoms with van der Waals surface area (Å²) < 4.78 is 2.24. The Balaban J connectivity index is 2.27. The summed E-state index contributed by atoms with van der Waals surface area (Å²) in [6.45, 7) is 6.87. The van der Waals surface area contributed by atoms with Crippen LogP contribution in [0.4, 0.5) is 0 Å². The lowest BCUT2D eigenvalue weighted by atomic mass is 9.91. The number of hydrogen-bond donors (Lipinski definition) is 1. The van der Waals surface area contributed by atoms with Gasteiger partial charge in [0, 0.05) is 29.7 Å². The topological polar surface area (TPSA) is 54.7 Å². The summed E-state index contributed by atoms with van der Waals surface area (Å²) >= 11 is 0. The molecule has 2 aromatic rings. The van der Waals surface area contributed by atoms with Crippen LogP contribution in [0.2, 0.25) is 0 Å². The summed E-state index contributed by atoms with van der Waals surface area (Å²) in [5, 5.41) is 10.4. The van der Waals surface area contributed by atoms with Gasteiger partial charge in [0.1, 0.15) is 0 Å². The van der Waals surface area contributed by atoms with E-state index in [-0.39, 0.29) is 11.5 Å². The van der Waals surface area contributed by atoms with Gasteiger partial charge in [-0.05, 0) is 51.3 Å². The molecule has 2 rings (SSSR count). The lowest BCUT2D eigenvalue weighted by Crippen LogP contribution is -2.17. The second-order valence-corrected chi connectivity index (χ2v) is 6.29. The number of nitrogens with two attached hydrogens (primary N) is 1. The largest absolute Gasteiger partial charge is 0.347 e. The van der Waals surface area contributed by atoms with Crippen molar-refractivity contribution in [2.24, 2.45) is 11.1 Å². The van der Waals surface area contributed by atoms with Crippen LogP contribution in [0.25, 0.3) is 10.9 Å². The van der Waals surface area contributed by atoms with Gasteiger partial charge in [0.2, 0.25) is 0 Å². The van der Waals surface area contributed by atoms with Gasteiger partial charge in [-0.3, -0.25) is 0 Å². The Kier molecular flexibility index (Phi) is 4.15. The monoisotopic (exact) mass is 269 g/mol. The van der Waals surface area contributed by atoms with Gasteiger partial charge in [-0.15, -0.1) is 0 Å². The maximum absolute atomic E-state index is 9.11. The van der Waals surface area contributed by atoms with Crippen molar-refractivity contribution in [3.05, 3.63) is 36.0 Å². The van der Waals surface area contributed by atoms with Crippen molar-refractivity contribution in [1.29, 1.82) is 5.26 Å². The third kappa shape index (κ3) is 3.20. The number of fused-ring (bicyclic) bond motifs is 1. The van der Waals surface area contributed by atoms with Gasteiger partial charge < -0.3 is 10.3 Å². The number of hydrogen-bond acceptors (Lipinski definition) is 2. The highest BCUT2D eigenvalue weighted by Crippen LogP contribution is 2.24. The van der Waals surface area contributed by atoms with Crippen molar-refractivity contribution in [3.63, 3.8) is 0 Å². The molecule has 0 amide bonds. The first-order valence-corrected chi connectivity index (χ1v) is 7.16. The van der Waals surface area contributed by atoms with Crippen molar-refractivity contribution < 1.29 is 0 Å². The van der Waals surface area contributed by atoms with Crippen LogP contribution >= 0.6 is 0 Å². The highest BCUT2D eigenvalue weighted by molar-refractivity contribution is 5.83. The van der Waals surface area contributed by atoms with E-state index in [1.807, 2.05) is 20.8 Å². The zero-order chi connectivity index (χ0) is 14.8. The zero-order valence-corrected chi connectivity index (χ0v) is 12.6. The van der Waals surface area contributed by atoms with Crippen LogP contribution in [0.15, 0.2) is 30.5 Å². The molecular formula is C17H23N3.